The lowest BCUT2D eigenvalue weighted by Crippen LogP contribution is -2.00. The molecule has 1 aromatic heterocycles. The van der Waals surface area contributed by atoms with Crippen LogP contribution in [0.5, 0.6) is 5.75 Å². The van der Waals surface area contributed by atoms with Crippen LogP contribution in [0.15, 0.2) is 24.3 Å². The Kier molecular flexibility index (Phi) is 3.80. The molecule has 2 aromatic rings. The van der Waals surface area contributed by atoms with E-state index in [0.29, 0.717) is 11.5 Å². The van der Waals surface area contributed by atoms with Crippen LogP contribution >= 0.6 is 15.9 Å². The third-order valence-corrected chi connectivity index (χ3v) is 3.74. The molecule has 1 heterocycles. The summed E-state index contributed by atoms with van der Waals surface area (Å²) in [5, 5.41) is 21.7. The fourth-order valence-corrected chi connectivity index (χ4v) is 2.54. The maximum Gasteiger partial charge on any atom is 0.148 e. The third-order valence-electron chi connectivity index (χ3n) is 3.54. The predicted octanol–water partition coefficient (Wildman–Crippen LogP) is 3.47. The van der Waals surface area contributed by atoms with Gasteiger partial charge in [-0.3, -0.25) is 0 Å². The number of nitrogens with zero attached hydrogens (tertiary/aromatic N) is 2. The summed E-state index contributed by atoms with van der Waals surface area (Å²) in [6.07, 6.45) is 2.32. The molecule has 5 heteroatoms. The van der Waals surface area contributed by atoms with E-state index in [0.717, 1.165) is 35.5 Å². The van der Waals surface area contributed by atoms with E-state index < -0.39 is 0 Å². The van der Waals surface area contributed by atoms with Gasteiger partial charge < -0.3 is 10.4 Å². The van der Waals surface area contributed by atoms with Crippen molar-refractivity contribution in [1.82, 2.24) is 10.2 Å². The van der Waals surface area contributed by atoms with Crippen LogP contribution < -0.4 is 5.32 Å². The van der Waals surface area contributed by atoms with Gasteiger partial charge in [0.25, 0.3) is 0 Å². The molecule has 1 aromatic carbocycles. The van der Waals surface area contributed by atoms with Crippen LogP contribution in [0.25, 0.3) is 11.3 Å². The number of hydrogen-bond donors (Lipinski definition) is 2. The van der Waals surface area contributed by atoms with Crippen molar-refractivity contribution in [3.8, 4) is 27.8 Å². The Hall–Kier alpha value is -2.06. The fraction of sp³-hybridized carbons (Fsp3) is 0.250. The van der Waals surface area contributed by atoms with E-state index >= 15 is 0 Å². The van der Waals surface area contributed by atoms with E-state index in [1.54, 1.807) is 6.07 Å². The van der Waals surface area contributed by atoms with E-state index in [-0.39, 0.29) is 5.75 Å². The van der Waals surface area contributed by atoms with Gasteiger partial charge in [-0.25, -0.2) is 0 Å². The fourth-order valence-electron chi connectivity index (χ4n) is 2.31. The van der Waals surface area contributed by atoms with Gasteiger partial charge in [0.2, 0.25) is 0 Å². The van der Waals surface area contributed by atoms with Crippen LogP contribution in [0.1, 0.15) is 29.9 Å². The van der Waals surface area contributed by atoms with Crippen LogP contribution in [0.4, 0.5) is 5.82 Å². The average molecular weight is 344 g/mol. The van der Waals surface area contributed by atoms with E-state index in [2.05, 4.69) is 42.2 Å². The molecule has 0 radical (unpaired) electrons. The highest BCUT2D eigenvalue weighted by molar-refractivity contribution is 9.12. The van der Waals surface area contributed by atoms with Gasteiger partial charge in [-0.15, -0.1) is 10.2 Å². The Morgan fingerprint density at radius 1 is 1.29 bits per heavy atom. The van der Waals surface area contributed by atoms with Crippen molar-refractivity contribution >= 4 is 21.7 Å². The number of hydrogen-bond acceptors (Lipinski definition) is 4. The standard InChI is InChI=1S/C16H14BrN3O/c1-18-15-9-13(11-3-4-11)16(20-19-15)12-5-2-10(6-7-17)8-14(12)21/h2,5,8-9,11,21H,3-4H2,1H3,(H,18,19). The SMILES string of the molecule is CNc1cc(C2CC2)c(-c2ccc(C#CBr)cc2O)nn1. The minimum absolute atomic E-state index is 0.177. The lowest BCUT2D eigenvalue weighted by atomic mass is 10.0. The number of nitrogens with one attached hydrogen (secondary N) is 1. The molecule has 1 aliphatic rings. The Morgan fingerprint density at radius 2 is 2.10 bits per heavy atom. The highest BCUT2D eigenvalue weighted by Gasteiger charge is 2.28. The number of aromatic nitrogens is 2. The monoisotopic (exact) mass is 343 g/mol. The number of phenols is 1. The predicted molar refractivity (Wildman–Crippen MR) is 86.5 cm³/mol. The van der Waals surface area contributed by atoms with E-state index in [9.17, 15) is 5.11 Å². The summed E-state index contributed by atoms with van der Waals surface area (Å²) in [7, 11) is 1.82. The molecule has 0 aliphatic heterocycles. The molecule has 0 saturated heterocycles. The Morgan fingerprint density at radius 3 is 2.71 bits per heavy atom. The number of halogens is 1. The molecule has 21 heavy (non-hydrogen) atoms. The second-order valence-electron chi connectivity index (χ2n) is 5.01. The van der Waals surface area contributed by atoms with E-state index in [1.165, 1.54) is 0 Å². The van der Waals surface area contributed by atoms with Crippen LogP contribution in [-0.4, -0.2) is 22.4 Å². The van der Waals surface area contributed by atoms with Crippen molar-refractivity contribution < 1.29 is 5.11 Å². The molecular formula is C16H14BrN3O. The van der Waals surface area contributed by atoms with Crippen molar-refractivity contribution in [2.24, 2.45) is 0 Å². The first-order valence-electron chi connectivity index (χ1n) is 6.73. The summed E-state index contributed by atoms with van der Waals surface area (Å²) in [5.41, 5.74) is 3.35. The summed E-state index contributed by atoms with van der Waals surface area (Å²) in [5.74, 6) is 4.30. The average Bonchev–Trinajstić information content (AvgIpc) is 3.32. The molecule has 0 amide bonds. The number of benzene rings is 1. The van der Waals surface area contributed by atoms with Crippen LogP contribution in [0.2, 0.25) is 0 Å². The van der Waals surface area contributed by atoms with Crippen molar-refractivity contribution in [3.05, 3.63) is 35.4 Å². The molecular weight excluding hydrogens is 330 g/mol. The lowest BCUT2D eigenvalue weighted by molar-refractivity contribution is 0.477. The summed E-state index contributed by atoms with van der Waals surface area (Å²) < 4.78 is 0. The number of aromatic hydroxyl groups is 1. The number of phenolic OH excluding ortho intramolecular Hbond substituents is 1. The molecule has 1 aliphatic carbocycles. The van der Waals surface area contributed by atoms with Crippen LogP contribution in [-0.2, 0) is 0 Å². The molecule has 0 unspecified atom stereocenters. The van der Waals surface area contributed by atoms with Crippen molar-refractivity contribution in [1.29, 1.82) is 0 Å². The van der Waals surface area contributed by atoms with Crippen molar-refractivity contribution in [3.63, 3.8) is 0 Å². The van der Waals surface area contributed by atoms with Gasteiger partial charge in [0.15, 0.2) is 0 Å². The number of anilines is 1. The molecule has 0 spiro atoms. The van der Waals surface area contributed by atoms with Gasteiger partial charge in [0.05, 0.1) is 0 Å². The second kappa shape index (κ2) is 5.74. The second-order valence-corrected chi connectivity index (χ2v) is 5.41. The third kappa shape index (κ3) is 2.86. The largest absolute Gasteiger partial charge is 0.507 e. The Bertz CT molecular complexity index is 745. The topological polar surface area (TPSA) is 58.0 Å². The Labute approximate surface area is 131 Å². The van der Waals surface area contributed by atoms with Gasteiger partial charge >= 0.3 is 0 Å². The molecule has 106 valence electrons. The zero-order valence-electron chi connectivity index (χ0n) is 11.5. The summed E-state index contributed by atoms with van der Waals surface area (Å²) in [6.45, 7) is 0. The maximum atomic E-state index is 10.3. The van der Waals surface area contributed by atoms with Gasteiger partial charge in [0, 0.05) is 34.1 Å². The zero-order valence-corrected chi connectivity index (χ0v) is 13.1. The normalized spacial score (nSPS) is 13.4. The summed E-state index contributed by atoms with van der Waals surface area (Å²) >= 11 is 3.06. The quantitative estimate of drug-likeness (QED) is 0.837. The smallest absolute Gasteiger partial charge is 0.148 e. The highest BCUT2D eigenvalue weighted by atomic mass is 79.9. The molecule has 1 fully saturated rings. The first-order chi connectivity index (χ1) is 10.2. The molecule has 4 nitrogen and oxygen atoms in total. The minimum atomic E-state index is 0.177. The zero-order chi connectivity index (χ0) is 14.8. The number of rotatable bonds is 3. The minimum Gasteiger partial charge on any atom is -0.507 e. The first kappa shape index (κ1) is 13.9. The maximum absolute atomic E-state index is 10.3. The molecule has 3 rings (SSSR count). The van der Waals surface area contributed by atoms with Gasteiger partial charge in [-0.05, 0) is 53.4 Å². The highest BCUT2D eigenvalue weighted by Crippen LogP contribution is 2.45. The summed E-state index contributed by atoms with van der Waals surface area (Å²) in [6, 6.07) is 7.38. The molecule has 2 N–H and O–H groups in total. The molecule has 0 atom stereocenters. The first-order valence-corrected chi connectivity index (χ1v) is 7.52. The van der Waals surface area contributed by atoms with Gasteiger partial charge in [0.1, 0.15) is 17.3 Å². The van der Waals surface area contributed by atoms with Gasteiger partial charge in [-0.1, -0.05) is 5.92 Å². The van der Waals surface area contributed by atoms with Crippen molar-refractivity contribution in [2.45, 2.75) is 18.8 Å². The summed E-state index contributed by atoms with van der Waals surface area (Å²) in [4.78, 5) is 2.64. The van der Waals surface area contributed by atoms with Crippen LogP contribution in [0, 0.1) is 10.8 Å². The van der Waals surface area contributed by atoms with Gasteiger partial charge in [-0.2, -0.15) is 0 Å². The molecule has 0 bridgehead atoms. The van der Waals surface area contributed by atoms with Crippen LogP contribution in [0.3, 0.4) is 0 Å². The van der Waals surface area contributed by atoms with E-state index in [1.807, 2.05) is 25.2 Å². The van der Waals surface area contributed by atoms with E-state index in [4.69, 9.17) is 0 Å². The molecule has 1 saturated carbocycles. The Balaban J connectivity index is 2.09. The lowest BCUT2D eigenvalue weighted by Gasteiger charge is -2.10. The van der Waals surface area contributed by atoms with Crippen molar-refractivity contribution in [2.75, 3.05) is 12.4 Å².